The van der Waals surface area contributed by atoms with E-state index in [2.05, 4.69) is 42.9 Å². The number of nitrogens with zero attached hydrogens (tertiary/aromatic N) is 3. The molecular formula is C22H21N3. The van der Waals surface area contributed by atoms with Crippen molar-refractivity contribution in [1.29, 1.82) is 0 Å². The van der Waals surface area contributed by atoms with E-state index in [0.717, 1.165) is 22.3 Å². The van der Waals surface area contributed by atoms with E-state index in [1.54, 1.807) is 0 Å². The number of benzene rings is 3. The Bertz CT molecular complexity index is 856. The molecule has 0 atom stereocenters. The molecule has 0 saturated carbocycles. The monoisotopic (exact) mass is 327 g/mol. The van der Waals surface area contributed by atoms with Gasteiger partial charge in [-0.25, -0.2) is 0 Å². The first-order valence-corrected chi connectivity index (χ1v) is 8.35. The second kappa shape index (κ2) is 6.84. The summed E-state index contributed by atoms with van der Waals surface area (Å²) in [6.07, 6.45) is 0. The molecule has 0 bridgehead atoms. The summed E-state index contributed by atoms with van der Waals surface area (Å²) < 4.78 is 0. The zero-order valence-corrected chi connectivity index (χ0v) is 14.8. The van der Waals surface area contributed by atoms with Gasteiger partial charge in [-0.1, -0.05) is 98.7 Å². The van der Waals surface area contributed by atoms with E-state index in [0.29, 0.717) is 5.69 Å². The van der Waals surface area contributed by atoms with Crippen LogP contribution < -0.4 is 0 Å². The molecule has 0 N–H and O–H groups in total. The quantitative estimate of drug-likeness (QED) is 0.276. The topological polar surface area (TPSA) is 48.8 Å². The van der Waals surface area contributed by atoms with E-state index in [4.69, 9.17) is 5.53 Å². The predicted molar refractivity (Wildman–Crippen MR) is 105 cm³/mol. The fourth-order valence-corrected chi connectivity index (χ4v) is 2.90. The van der Waals surface area contributed by atoms with Crippen molar-refractivity contribution in [3.8, 4) is 22.3 Å². The van der Waals surface area contributed by atoms with Crippen LogP contribution in [0.4, 0.5) is 5.69 Å². The Hall–Kier alpha value is -3.03. The smallest absolute Gasteiger partial charge is 0.0532 e. The van der Waals surface area contributed by atoms with Crippen LogP contribution in [0.25, 0.3) is 32.7 Å². The molecule has 0 aliphatic carbocycles. The lowest BCUT2D eigenvalue weighted by molar-refractivity contribution is 0.591. The van der Waals surface area contributed by atoms with Crippen molar-refractivity contribution in [2.45, 2.75) is 26.2 Å². The highest BCUT2D eigenvalue weighted by atomic mass is 15.1. The van der Waals surface area contributed by atoms with Crippen LogP contribution in [0.3, 0.4) is 0 Å². The highest BCUT2D eigenvalue weighted by Crippen LogP contribution is 2.42. The summed E-state index contributed by atoms with van der Waals surface area (Å²) in [4.78, 5) is 3.10. The highest BCUT2D eigenvalue weighted by Gasteiger charge is 2.19. The number of rotatable bonds is 3. The first-order valence-electron chi connectivity index (χ1n) is 8.35. The molecule has 0 aliphatic rings. The highest BCUT2D eigenvalue weighted by molar-refractivity contribution is 5.89. The van der Waals surface area contributed by atoms with Gasteiger partial charge in [0.2, 0.25) is 0 Å². The molecule has 0 fully saturated rings. The molecule has 3 aromatic carbocycles. The molecule has 3 aromatic rings. The van der Waals surface area contributed by atoms with Gasteiger partial charge in [0.05, 0.1) is 5.69 Å². The van der Waals surface area contributed by atoms with Gasteiger partial charge in [0.1, 0.15) is 0 Å². The third-order valence-electron chi connectivity index (χ3n) is 4.29. The molecule has 0 saturated heterocycles. The van der Waals surface area contributed by atoms with E-state index < -0.39 is 0 Å². The fourth-order valence-electron chi connectivity index (χ4n) is 2.90. The molecule has 0 radical (unpaired) electrons. The lowest BCUT2D eigenvalue weighted by Crippen LogP contribution is -2.11. The van der Waals surface area contributed by atoms with Gasteiger partial charge in [-0.15, -0.1) is 0 Å². The molecular weight excluding hydrogens is 306 g/mol. The second-order valence-electron chi connectivity index (χ2n) is 7.09. The minimum atomic E-state index is -0.0120. The first-order chi connectivity index (χ1) is 12.0. The molecule has 0 aromatic heterocycles. The van der Waals surface area contributed by atoms with E-state index >= 15 is 0 Å². The van der Waals surface area contributed by atoms with E-state index in [1.165, 1.54) is 5.56 Å². The van der Waals surface area contributed by atoms with E-state index in [9.17, 15) is 0 Å². The molecule has 0 spiro atoms. The van der Waals surface area contributed by atoms with Crippen LogP contribution in [0.1, 0.15) is 26.3 Å². The van der Waals surface area contributed by atoms with Gasteiger partial charge in [0.15, 0.2) is 0 Å². The first kappa shape index (κ1) is 16.8. The fraction of sp³-hybridized carbons (Fsp3) is 0.182. The molecule has 0 heterocycles. The Morgan fingerprint density at radius 3 is 1.56 bits per heavy atom. The lowest BCUT2D eigenvalue weighted by Gasteiger charge is -2.23. The molecule has 3 nitrogen and oxygen atoms in total. The molecule has 3 heteroatoms. The standard InChI is InChI=1S/C22H21N3/c1-22(2,3)18-14-19(16-10-6-4-7-11-16)21(24-25-23)20(15-18)17-12-8-5-9-13-17/h4-15H,1-3H3. The maximum atomic E-state index is 9.15. The third kappa shape index (κ3) is 3.57. The summed E-state index contributed by atoms with van der Waals surface area (Å²) in [6.45, 7) is 6.58. The number of hydrogen-bond acceptors (Lipinski definition) is 1. The summed E-state index contributed by atoms with van der Waals surface area (Å²) in [5, 5.41) is 4.06. The zero-order chi connectivity index (χ0) is 17.9. The minimum absolute atomic E-state index is 0.0120. The van der Waals surface area contributed by atoms with Crippen LogP contribution in [0.5, 0.6) is 0 Å². The SMILES string of the molecule is CC(C)(C)c1cc(-c2ccccc2)c(N=[N+]=[N-])c(-c2ccccc2)c1. The van der Waals surface area contributed by atoms with Crippen LogP contribution in [0.15, 0.2) is 77.9 Å². The van der Waals surface area contributed by atoms with Crippen molar-refractivity contribution in [1.82, 2.24) is 0 Å². The Morgan fingerprint density at radius 2 is 1.20 bits per heavy atom. The average Bonchev–Trinajstić information content (AvgIpc) is 2.62. The maximum Gasteiger partial charge on any atom is 0.0532 e. The Balaban J connectivity index is 2.39. The average molecular weight is 327 g/mol. The van der Waals surface area contributed by atoms with Crippen molar-refractivity contribution >= 4 is 5.69 Å². The molecule has 25 heavy (non-hydrogen) atoms. The molecule has 0 amide bonds. The van der Waals surface area contributed by atoms with Gasteiger partial charge in [0.25, 0.3) is 0 Å². The van der Waals surface area contributed by atoms with Crippen molar-refractivity contribution in [3.63, 3.8) is 0 Å². The summed E-state index contributed by atoms with van der Waals surface area (Å²) in [6, 6.07) is 24.5. The Labute approximate surface area is 148 Å². The summed E-state index contributed by atoms with van der Waals surface area (Å²) in [5.74, 6) is 0. The normalized spacial score (nSPS) is 11.0. The predicted octanol–water partition coefficient (Wildman–Crippen LogP) is 7.26. The third-order valence-corrected chi connectivity index (χ3v) is 4.29. The van der Waals surface area contributed by atoms with Gasteiger partial charge >= 0.3 is 0 Å². The van der Waals surface area contributed by atoms with Crippen LogP contribution >= 0.6 is 0 Å². The Morgan fingerprint density at radius 1 is 0.760 bits per heavy atom. The summed E-state index contributed by atoms with van der Waals surface area (Å²) in [7, 11) is 0. The van der Waals surface area contributed by atoms with Crippen molar-refractivity contribution in [2.24, 2.45) is 5.11 Å². The summed E-state index contributed by atoms with van der Waals surface area (Å²) in [5.41, 5.74) is 15.0. The van der Waals surface area contributed by atoms with E-state index in [-0.39, 0.29) is 5.41 Å². The minimum Gasteiger partial charge on any atom is -0.0622 e. The molecule has 0 aliphatic heterocycles. The lowest BCUT2D eigenvalue weighted by atomic mass is 9.82. The van der Waals surface area contributed by atoms with Crippen molar-refractivity contribution in [2.75, 3.05) is 0 Å². The van der Waals surface area contributed by atoms with E-state index in [1.807, 2.05) is 60.7 Å². The van der Waals surface area contributed by atoms with Crippen LogP contribution in [-0.4, -0.2) is 0 Å². The van der Waals surface area contributed by atoms with Crippen molar-refractivity contribution in [3.05, 3.63) is 88.8 Å². The van der Waals surface area contributed by atoms with Gasteiger partial charge in [-0.2, -0.15) is 0 Å². The van der Waals surface area contributed by atoms with Gasteiger partial charge < -0.3 is 0 Å². The van der Waals surface area contributed by atoms with Gasteiger partial charge in [-0.05, 0) is 38.8 Å². The van der Waals surface area contributed by atoms with Gasteiger partial charge in [0, 0.05) is 4.91 Å². The largest absolute Gasteiger partial charge is 0.0622 e. The van der Waals surface area contributed by atoms with Crippen LogP contribution in [0.2, 0.25) is 0 Å². The second-order valence-corrected chi connectivity index (χ2v) is 7.09. The molecule has 3 rings (SSSR count). The van der Waals surface area contributed by atoms with Gasteiger partial charge in [-0.3, -0.25) is 0 Å². The molecule has 0 unspecified atom stereocenters. The van der Waals surface area contributed by atoms with Crippen molar-refractivity contribution < 1.29 is 0 Å². The maximum absolute atomic E-state index is 9.15. The van der Waals surface area contributed by atoms with Crippen LogP contribution in [-0.2, 0) is 5.41 Å². The zero-order valence-electron chi connectivity index (χ0n) is 14.8. The van der Waals surface area contributed by atoms with Crippen LogP contribution in [0, 0.1) is 0 Å². The number of hydrogen-bond donors (Lipinski definition) is 0. The number of azide groups is 1. The molecule has 124 valence electrons. The Kier molecular flexibility index (Phi) is 4.60. The summed E-state index contributed by atoms with van der Waals surface area (Å²) >= 11 is 0.